The molecule has 2 aromatic rings. The highest BCUT2D eigenvalue weighted by atomic mass is 16.5. The molecule has 0 saturated heterocycles. The minimum atomic E-state index is -0.251. The fourth-order valence-electron chi connectivity index (χ4n) is 2.49. The van der Waals surface area contributed by atoms with Gasteiger partial charge in [0.2, 0.25) is 0 Å². The molecule has 0 atom stereocenters. The number of methoxy groups -OCH3 is 2. The van der Waals surface area contributed by atoms with Crippen LogP contribution < -0.4 is 14.8 Å². The van der Waals surface area contributed by atoms with Gasteiger partial charge in [-0.2, -0.15) is 0 Å². The lowest BCUT2D eigenvalue weighted by Gasteiger charge is -2.12. The number of amides is 1. The zero-order valence-corrected chi connectivity index (χ0v) is 13.8. The Bertz CT molecular complexity index is 814. The summed E-state index contributed by atoms with van der Waals surface area (Å²) in [7, 11) is 3.14. The van der Waals surface area contributed by atoms with Gasteiger partial charge in [0.15, 0.2) is 0 Å². The number of nitrogens with one attached hydrogen (secondary N) is 1. The van der Waals surface area contributed by atoms with Gasteiger partial charge >= 0.3 is 0 Å². The Kier molecular flexibility index (Phi) is 4.33. The van der Waals surface area contributed by atoms with E-state index in [1.807, 2.05) is 37.3 Å². The predicted molar refractivity (Wildman–Crippen MR) is 93.4 cm³/mol. The number of aliphatic imine (C=N–C) groups is 1. The summed E-state index contributed by atoms with van der Waals surface area (Å²) in [5.74, 6) is 1.35. The highest BCUT2D eigenvalue weighted by molar-refractivity contribution is 6.21. The summed E-state index contributed by atoms with van der Waals surface area (Å²) in [6.07, 6.45) is 1.75. The number of hydrogen-bond donors (Lipinski definition) is 1. The second-order valence-corrected chi connectivity index (χ2v) is 5.39. The van der Waals surface area contributed by atoms with Crippen molar-refractivity contribution in [3.63, 3.8) is 0 Å². The molecule has 0 fully saturated rings. The number of amidine groups is 1. The smallest absolute Gasteiger partial charge is 0.275 e. The van der Waals surface area contributed by atoms with Gasteiger partial charge in [-0.05, 0) is 30.7 Å². The molecule has 1 heterocycles. The van der Waals surface area contributed by atoms with Crippen molar-refractivity contribution in [2.24, 2.45) is 4.99 Å². The van der Waals surface area contributed by atoms with Gasteiger partial charge in [-0.25, -0.2) is 4.99 Å². The predicted octanol–water partition coefficient (Wildman–Crippen LogP) is 2.93. The van der Waals surface area contributed by atoms with Crippen LogP contribution in [0.5, 0.6) is 11.5 Å². The maximum atomic E-state index is 12.3. The van der Waals surface area contributed by atoms with E-state index in [1.165, 1.54) is 0 Å². The van der Waals surface area contributed by atoms with Gasteiger partial charge in [-0.15, -0.1) is 0 Å². The van der Waals surface area contributed by atoms with E-state index < -0.39 is 0 Å². The zero-order valence-electron chi connectivity index (χ0n) is 13.8. The van der Waals surface area contributed by atoms with E-state index in [-0.39, 0.29) is 5.91 Å². The molecule has 5 heteroatoms. The van der Waals surface area contributed by atoms with Crippen LogP contribution in [0.2, 0.25) is 0 Å². The van der Waals surface area contributed by atoms with Crippen molar-refractivity contribution in [3.05, 3.63) is 64.9 Å². The van der Waals surface area contributed by atoms with E-state index in [4.69, 9.17) is 9.47 Å². The minimum absolute atomic E-state index is 0.251. The second-order valence-electron chi connectivity index (χ2n) is 5.39. The fourth-order valence-corrected chi connectivity index (χ4v) is 2.49. The van der Waals surface area contributed by atoms with Crippen LogP contribution in [0.4, 0.5) is 0 Å². The van der Waals surface area contributed by atoms with E-state index in [0.29, 0.717) is 28.6 Å². The first-order chi connectivity index (χ1) is 11.6. The molecule has 1 aliphatic heterocycles. The second kappa shape index (κ2) is 6.58. The Balaban J connectivity index is 2.02. The molecular weight excluding hydrogens is 304 g/mol. The molecule has 0 aliphatic carbocycles. The molecule has 122 valence electrons. The highest BCUT2D eigenvalue weighted by Crippen LogP contribution is 2.30. The number of aryl methyl sites for hydroxylation is 1. The number of nitrogens with zero attached hydrogens (tertiary/aromatic N) is 1. The Labute approximate surface area is 140 Å². The molecule has 0 unspecified atom stereocenters. The standard InChI is InChI=1S/C19H18N2O3/c1-12-7-9-13(10-8-12)11-14-19(22)21-18(20-14)17-15(23-2)5-4-6-16(17)24-3/h4-11H,1-3H3,(H,20,21,22)/b14-11+. The molecule has 0 spiro atoms. The molecule has 1 N–H and O–H groups in total. The first-order valence-corrected chi connectivity index (χ1v) is 7.52. The lowest BCUT2D eigenvalue weighted by Crippen LogP contribution is -2.25. The Hall–Kier alpha value is -3.08. The van der Waals surface area contributed by atoms with E-state index in [2.05, 4.69) is 10.3 Å². The van der Waals surface area contributed by atoms with Crippen molar-refractivity contribution in [2.45, 2.75) is 6.92 Å². The average molecular weight is 322 g/mol. The van der Waals surface area contributed by atoms with Gasteiger partial charge in [0.05, 0.1) is 14.2 Å². The summed E-state index contributed by atoms with van der Waals surface area (Å²) in [4.78, 5) is 16.7. The molecule has 2 aromatic carbocycles. The molecule has 5 nitrogen and oxygen atoms in total. The van der Waals surface area contributed by atoms with Crippen LogP contribution in [0.3, 0.4) is 0 Å². The zero-order chi connectivity index (χ0) is 17.1. The van der Waals surface area contributed by atoms with Gasteiger partial charge in [-0.1, -0.05) is 35.9 Å². The normalized spacial score (nSPS) is 15.2. The third kappa shape index (κ3) is 3.01. The van der Waals surface area contributed by atoms with Gasteiger partial charge in [0.25, 0.3) is 5.91 Å². The van der Waals surface area contributed by atoms with Gasteiger partial charge < -0.3 is 14.8 Å². The highest BCUT2D eigenvalue weighted by Gasteiger charge is 2.26. The van der Waals surface area contributed by atoms with Crippen LogP contribution in [0, 0.1) is 6.92 Å². The number of carbonyl (C=O) groups is 1. The van der Waals surface area contributed by atoms with Crippen LogP contribution in [0.15, 0.2) is 53.2 Å². The summed E-state index contributed by atoms with van der Waals surface area (Å²) in [6, 6.07) is 13.3. The SMILES string of the molecule is COc1cccc(OC)c1C1=N/C(=C/c2ccc(C)cc2)C(=O)N1. The summed E-state index contributed by atoms with van der Waals surface area (Å²) < 4.78 is 10.7. The lowest BCUT2D eigenvalue weighted by molar-refractivity contribution is -0.115. The van der Waals surface area contributed by atoms with Gasteiger partial charge in [0, 0.05) is 0 Å². The third-order valence-electron chi connectivity index (χ3n) is 3.74. The van der Waals surface area contributed by atoms with Gasteiger partial charge in [0.1, 0.15) is 28.6 Å². The topological polar surface area (TPSA) is 59.9 Å². The van der Waals surface area contributed by atoms with Gasteiger partial charge in [-0.3, -0.25) is 4.79 Å². The van der Waals surface area contributed by atoms with Crippen molar-refractivity contribution in [2.75, 3.05) is 14.2 Å². The molecule has 24 heavy (non-hydrogen) atoms. The summed E-state index contributed by atoms with van der Waals surface area (Å²) in [5, 5.41) is 2.78. The number of ether oxygens (including phenoxy) is 2. The monoisotopic (exact) mass is 322 g/mol. The average Bonchev–Trinajstić information content (AvgIpc) is 2.96. The Morgan fingerprint density at radius 3 is 2.21 bits per heavy atom. The summed E-state index contributed by atoms with van der Waals surface area (Å²) in [6.45, 7) is 2.02. The van der Waals surface area contributed by atoms with Crippen molar-refractivity contribution in [1.29, 1.82) is 0 Å². The minimum Gasteiger partial charge on any atom is -0.496 e. The molecule has 1 amide bonds. The van der Waals surface area contributed by atoms with Crippen molar-refractivity contribution in [1.82, 2.24) is 5.32 Å². The Morgan fingerprint density at radius 2 is 1.62 bits per heavy atom. The number of rotatable bonds is 4. The molecule has 0 saturated carbocycles. The van der Waals surface area contributed by atoms with E-state index in [1.54, 1.807) is 32.4 Å². The maximum Gasteiger partial charge on any atom is 0.275 e. The molecule has 0 bridgehead atoms. The van der Waals surface area contributed by atoms with Crippen LogP contribution in [0.25, 0.3) is 6.08 Å². The van der Waals surface area contributed by atoms with Crippen molar-refractivity contribution < 1.29 is 14.3 Å². The first-order valence-electron chi connectivity index (χ1n) is 7.52. The van der Waals surface area contributed by atoms with E-state index in [9.17, 15) is 4.79 Å². The Morgan fingerprint density at radius 1 is 1.00 bits per heavy atom. The molecule has 1 aliphatic rings. The number of benzene rings is 2. The molecule has 0 aromatic heterocycles. The molecule has 3 rings (SSSR count). The fraction of sp³-hybridized carbons (Fsp3) is 0.158. The maximum absolute atomic E-state index is 12.3. The number of hydrogen-bond acceptors (Lipinski definition) is 4. The molecule has 0 radical (unpaired) electrons. The first kappa shape index (κ1) is 15.8. The van der Waals surface area contributed by atoms with E-state index in [0.717, 1.165) is 11.1 Å². The van der Waals surface area contributed by atoms with Crippen LogP contribution in [0.1, 0.15) is 16.7 Å². The van der Waals surface area contributed by atoms with Crippen molar-refractivity contribution in [3.8, 4) is 11.5 Å². The third-order valence-corrected chi connectivity index (χ3v) is 3.74. The van der Waals surface area contributed by atoms with E-state index >= 15 is 0 Å². The lowest BCUT2D eigenvalue weighted by atomic mass is 10.1. The largest absolute Gasteiger partial charge is 0.496 e. The summed E-state index contributed by atoms with van der Waals surface area (Å²) in [5.41, 5.74) is 3.06. The quantitative estimate of drug-likeness (QED) is 0.881. The van der Waals surface area contributed by atoms with Crippen LogP contribution in [-0.2, 0) is 4.79 Å². The van der Waals surface area contributed by atoms with Crippen LogP contribution in [-0.4, -0.2) is 26.0 Å². The van der Waals surface area contributed by atoms with Crippen molar-refractivity contribution >= 4 is 17.8 Å². The van der Waals surface area contributed by atoms with Crippen LogP contribution >= 0.6 is 0 Å². The number of carbonyl (C=O) groups excluding carboxylic acids is 1. The molecular formula is C19H18N2O3. The summed E-state index contributed by atoms with van der Waals surface area (Å²) >= 11 is 0.